The molecular formula is C14H18N4. The van der Waals surface area contributed by atoms with Gasteiger partial charge in [0.25, 0.3) is 0 Å². The molecule has 94 valence electrons. The van der Waals surface area contributed by atoms with Crippen LogP contribution in [0.2, 0.25) is 0 Å². The van der Waals surface area contributed by atoms with Crippen LogP contribution in [0.1, 0.15) is 16.8 Å². The topological polar surface area (TPSA) is 56.7 Å². The predicted molar refractivity (Wildman–Crippen MR) is 73.0 cm³/mol. The molecule has 0 radical (unpaired) electrons. The van der Waals surface area contributed by atoms with E-state index in [1.165, 1.54) is 11.1 Å². The van der Waals surface area contributed by atoms with Crippen LogP contribution in [0.4, 0.5) is 0 Å². The molecule has 0 amide bonds. The lowest BCUT2D eigenvalue weighted by Gasteiger charge is -2.08. The van der Waals surface area contributed by atoms with Crippen molar-refractivity contribution >= 4 is 0 Å². The third-order valence-corrected chi connectivity index (χ3v) is 3.08. The molecule has 0 atom stereocenters. The van der Waals surface area contributed by atoms with Crippen molar-refractivity contribution in [1.29, 1.82) is 0 Å². The number of hydrogen-bond donors (Lipinski definition) is 1. The van der Waals surface area contributed by atoms with E-state index in [2.05, 4.69) is 48.9 Å². The van der Waals surface area contributed by atoms with Crippen molar-refractivity contribution in [3.63, 3.8) is 0 Å². The van der Waals surface area contributed by atoms with Gasteiger partial charge in [-0.3, -0.25) is 0 Å². The molecule has 0 unspecified atom stereocenters. The summed E-state index contributed by atoms with van der Waals surface area (Å²) in [5.74, 6) is 0. The van der Waals surface area contributed by atoms with Gasteiger partial charge in [0.1, 0.15) is 5.69 Å². The zero-order chi connectivity index (χ0) is 13.1. The van der Waals surface area contributed by atoms with Crippen molar-refractivity contribution in [2.45, 2.75) is 26.9 Å². The van der Waals surface area contributed by atoms with E-state index >= 15 is 0 Å². The molecule has 0 aliphatic carbocycles. The van der Waals surface area contributed by atoms with Crippen LogP contribution in [0.25, 0.3) is 11.3 Å². The highest BCUT2D eigenvalue weighted by Crippen LogP contribution is 2.24. The summed E-state index contributed by atoms with van der Waals surface area (Å²) >= 11 is 0. The van der Waals surface area contributed by atoms with Gasteiger partial charge in [-0.25, -0.2) is 4.68 Å². The Bertz CT molecular complexity index is 569. The van der Waals surface area contributed by atoms with Gasteiger partial charge in [-0.05, 0) is 31.0 Å². The van der Waals surface area contributed by atoms with E-state index in [0.717, 1.165) is 17.0 Å². The first-order valence-corrected chi connectivity index (χ1v) is 5.98. The Hall–Kier alpha value is -1.94. The molecular weight excluding hydrogens is 224 g/mol. The first-order valence-electron chi connectivity index (χ1n) is 5.98. The number of benzene rings is 1. The van der Waals surface area contributed by atoms with Crippen molar-refractivity contribution in [1.82, 2.24) is 15.0 Å². The van der Waals surface area contributed by atoms with Gasteiger partial charge >= 0.3 is 0 Å². The molecule has 0 fully saturated rings. The summed E-state index contributed by atoms with van der Waals surface area (Å²) in [5.41, 5.74) is 11.2. The molecule has 2 aromatic rings. The summed E-state index contributed by atoms with van der Waals surface area (Å²) in [5, 5.41) is 8.24. The van der Waals surface area contributed by atoms with Crippen molar-refractivity contribution in [3.05, 3.63) is 47.7 Å². The minimum absolute atomic E-state index is 0.388. The fraction of sp³-hybridized carbons (Fsp3) is 0.286. The maximum absolute atomic E-state index is 5.72. The Morgan fingerprint density at radius 1 is 1.33 bits per heavy atom. The van der Waals surface area contributed by atoms with Crippen LogP contribution in [0, 0.1) is 13.8 Å². The molecule has 2 N–H and O–H groups in total. The Kier molecular flexibility index (Phi) is 3.58. The molecule has 2 rings (SSSR count). The fourth-order valence-corrected chi connectivity index (χ4v) is 1.94. The average molecular weight is 242 g/mol. The number of aryl methyl sites for hydroxylation is 2. The first kappa shape index (κ1) is 12.5. The molecule has 1 aromatic carbocycles. The van der Waals surface area contributed by atoms with Crippen LogP contribution < -0.4 is 5.73 Å². The van der Waals surface area contributed by atoms with Crippen LogP contribution in [0.3, 0.4) is 0 Å². The van der Waals surface area contributed by atoms with E-state index < -0.39 is 0 Å². The molecule has 0 bridgehead atoms. The number of aromatic nitrogens is 3. The molecule has 0 saturated carbocycles. The smallest absolute Gasteiger partial charge is 0.104 e. The SMILES string of the molecule is C=CCn1nnc(CN)c1-c1ccc(C)c(C)c1. The maximum Gasteiger partial charge on any atom is 0.104 e. The van der Waals surface area contributed by atoms with Crippen molar-refractivity contribution in [2.24, 2.45) is 5.73 Å². The third kappa shape index (κ3) is 2.19. The predicted octanol–water partition coefficient (Wildman–Crippen LogP) is 2.21. The number of rotatable bonds is 4. The van der Waals surface area contributed by atoms with Gasteiger partial charge < -0.3 is 5.73 Å². The molecule has 4 heteroatoms. The summed E-state index contributed by atoms with van der Waals surface area (Å²) < 4.78 is 1.83. The minimum Gasteiger partial charge on any atom is -0.325 e. The highest BCUT2D eigenvalue weighted by molar-refractivity contribution is 5.63. The summed E-state index contributed by atoms with van der Waals surface area (Å²) in [4.78, 5) is 0. The Balaban J connectivity index is 2.56. The zero-order valence-electron chi connectivity index (χ0n) is 10.8. The monoisotopic (exact) mass is 242 g/mol. The minimum atomic E-state index is 0.388. The van der Waals surface area contributed by atoms with E-state index in [1.54, 1.807) is 6.08 Å². The van der Waals surface area contributed by atoms with E-state index in [-0.39, 0.29) is 0 Å². The van der Waals surface area contributed by atoms with Gasteiger partial charge in [0.15, 0.2) is 0 Å². The zero-order valence-corrected chi connectivity index (χ0v) is 10.8. The van der Waals surface area contributed by atoms with Gasteiger partial charge in [0.2, 0.25) is 0 Å². The number of allylic oxidation sites excluding steroid dienone is 1. The Labute approximate surface area is 107 Å². The van der Waals surface area contributed by atoms with Gasteiger partial charge in [0, 0.05) is 12.1 Å². The second-order valence-electron chi connectivity index (χ2n) is 4.36. The second-order valence-corrected chi connectivity index (χ2v) is 4.36. The molecule has 0 aliphatic rings. The molecule has 0 aliphatic heterocycles. The van der Waals surface area contributed by atoms with E-state index in [1.807, 2.05) is 4.68 Å². The molecule has 0 spiro atoms. The van der Waals surface area contributed by atoms with Crippen molar-refractivity contribution < 1.29 is 0 Å². The second kappa shape index (κ2) is 5.14. The molecule has 1 aromatic heterocycles. The third-order valence-electron chi connectivity index (χ3n) is 3.08. The number of nitrogens with two attached hydrogens (primary N) is 1. The van der Waals surface area contributed by atoms with Crippen LogP contribution in [0.5, 0.6) is 0 Å². The van der Waals surface area contributed by atoms with Crippen LogP contribution in [-0.2, 0) is 13.1 Å². The quantitative estimate of drug-likeness (QED) is 0.836. The summed E-state index contributed by atoms with van der Waals surface area (Å²) in [6, 6.07) is 6.34. The first-order chi connectivity index (χ1) is 8.67. The normalized spacial score (nSPS) is 10.6. The lowest BCUT2D eigenvalue weighted by molar-refractivity contribution is 0.667. The largest absolute Gasteiger partial charge is 0.325 e. The lowest BCUT2D eigenvalue weighted by Crippen LogP contribution is -2.03. The van der Waals surface area contributed by atoms with Crippen LogP contribution in [-0.4, -0.2) is 15.0 Å². The van der Waals surface area contributed by atoms with Crippen LogP contribution >= 0.6 is 0 Å². The van der Waals surface area contributed by atoms with Gasteiger partial charge in [-0.15, -0.1) is 11.7 Å². The summed E-state index contributed by atoms with van der Waals surface area (Å²) in [7, 11) is 0. The lowest BCUT2D eigenvalue weighted by atomic mass is 10.0. The van der Waals surface area contributed by atoms with Crippen molar-refractivity contribution in [3.8, 4) is 11.3 Å². The number of nitrogens with zero attached hydrogens (tertiary/aromatic N) is 3. The Morgan fingerprint density at radius 3 is 2.72 bits per heavy atom. The molecule has 1 heterocycles. The maximum atomic E-state index is 5.72. The van der Waals surface area contributed by atoms with E-state index in [0.29, 0.717) is 13.1 Å². The fourth-order valence-electron chi connectivity index (χ4n) is 1.94. The standard InChI is InChI=1S/C14H18N4/c1-4-7-18-14(13(9-15)16-17-18)12-6-5-10(2)11(3)8-12/h4-6,8H,1,7,9,15H2,2-3H3. The van der Waals surface area contributed by atoms with Gasteiger partial charge in [-0.2, -0.15) is 0 Å². The highest BCUT2D eigenvalue weighted by Gasteiger charge is 2.13. The van der Waals surface area contributed by atoms with Crippen LogP contribution in [0.15, 0.2) is 30.9 Å². The summed E-state index contributed by atoms with van der Waals surface area (Å²) in [6.07, 6.45) is 1.81. The number of hydrogen-bond acceptors (Lipinski definition) is 3. The molecule has 18 heavy (non-hydrogen) atoms. The van der Waals surface area contributed by atoms with Gasteiger partial charge in [-0.1, -0.05) is 23.4 Å². The highest BCUT2D eigenvalue weighted by atomic mass is 15.4. The van der Waals surface area contributed by atoms with Crippen molar-refractivity contribution in [2.75, 3.05) is 0 Å². The molecule has 0 saturated heterocycles. The van der Waals surface area contributed by atoms with E-state index in [9.17, 15) is 0 Å². The average Bonchev–Trinajstić information content (AvgIpc) is 2.76. The summed E-state index contributed by atoms with van der Waals surface area (Å²) in [6.45, 7) is 8.96. The molecule has 4 nitrogen and oxygen atoms in total. The van der Waals surface area contributed by atoms with E-state index in [4.69, 9.17) is 5.73 Å². The van der Waals surface area contributed by atoms with Gasteiger partial charge in [0.05, 0.1) is 12.2 Å². The Morgan fingerprint density at radius 2 is 2.11 bits per heavy atom.